The molecular formula is C15H19ClN4O. The molecular weight excluding hydrogens is 288 g/mol. The van der Waals surface area contributed by atoms with Crippen molar-refractivity contribution >= 4 is 23.2 Å². The summed E-state index contributed by atoms with van der Waals surface area (Å²) in [7, 11) is 0. The normalized spacial score (nSPS) is 19.0. The number of piperidine rings is 1. The van der Waals surface area contributed by atoms with Crippen molar-refractivity contribution in [2.24, 2.45) is 11.7 Å². The first-order valence-electron chi connectivity index (χ1n) is 7.04. The van der Waals surface area contributed by atoms with Gasteiger partial charge in [-0.3, -0.25) is 9.69 Å². The lowest BCUT2D eigenvalue weighted by molar-refractivity contribution is -0.117. The Bertz CT molecular complexity index is 555. The average molecular weight is 307 g/mol. The van der Waals surface area contributed by atoms with Gasteiger partial charge in [-0.15, -0.1) is 0 Å². The van der Waals surface area contributed by atoms with Crippen molar-refractivity contribution in [3.63, 3.8) is 0 Å². The highest BCUT2D eigenvalue weighted by Crippen LogP contribution is 2.20. The third-order valence-electron chi connectivity index (χ3n) is 3.68. The fourth-order valence-corrected chi connectivity index (χ4v) is 2.80. The lowest BCUT2D eigenvalue weighted by Crippen LogP contribution is -2.42. The van der Waals surface area contributed by atoms with E-state index in [4.69, 9.17) is 22.6 Å². The van der Waals surface area contributed by atoms with Gasteiger partial charge in [-0.2, -0.15) is 5.26 Å². The van der Waals surface area contributed by atoms with Crippen molar-refractivity contribution in [1.29, 1.82) is 5.26 Å². The zero-order valence-electron chi connectivity index (χ0n) is 11.8. The number of likely N-dealkylation sites (tertiary alicyclic amines) is 1. The van der Waals surface area contributed by atoms with E-state index in [2.05, 4.69) is 10.2 Å². The molecule has 1 aromatic carbocycles. The first-order chi connectivity index (χ1) is 10.1. The SMILES string of the molecule is N#Cc1ccc(NC(=O)CN2CCCC(CN)C2)cc1Cl. The molecule has 0 spiro atoms. The number of nitrogens with two attached hydrogens (primary N) is 1. The number of hydrogen-bond acceptors (Lipinski definition) is 4. The van der Waals surface area contributed by atoms with Gasteiger partial charge in [0, 0.05) is 12.2 Å². The van der Waals surface area contributed by atoms with Gasteiger partial charge in [0.1, 0.15) is 6.07 Å². The van der Waals surface area contributed by atoms with E-state index in [-0.39, 0.29) is 5.91 Å². The Morgan fingerprint density at radius 1 is 1.57 bits per heavy atom. The Labute approximate surface area is 129 Å². The Balaban J connectivity index is 1.90. The summed E-state index contributed by atoms with van der Waals surface area (Å²) in [5, 5.41) is 12.0. The van der Waals surface area contributed by atoms with Crippen LogP contribution in [-0.2, 0) is 4.79 Å². The van der Waals surface area contributed by atoms with Crippen molar-refractivity contribution in [2.75, 3.05) is 31.5 Å². The Kier molecular flexibility index (Phi) is 5.57. The number of nitrogens with zero attached hydrogens (tertiary/aromatic N) is 2. The Hall–Kier alpha value is -1.61. The number of carbonyl (C=O) groups is 1. The summed E-state index contributed by atoms with van der Waals surface area (Å²) < 4.78 is 0. The number of amides is 1. The van der Waals surface area contributed by atoms with Crippen LogP contribution in [-0.4, -0.2) is 37.0 Å². The minimum absolute atomic E-state index is 0.0755. The highest BCUT2D eigenvalue weighted by molar-refractivity contribution is 6.32. The van der Waals surface area contributed by atoms with Gasteiger partial charge in [0.15, 0.2) is 0 Å². The van der Waals surface area contributed by atoms with Gasteiger partial charge in [0.05, 0.1) is 17.1 Å². The van der Waals surface area contributed by atoms with Gasteiger partial charge in [-0.05, 0) is 50.0 Å². The van der Waals surface area contributed by atoms with Crippen molar-refractivity contribution < 1.29 is 4.79 Å². The second-order valence-corrected chi connectivity index (χ2v) is 5.74. The summed E-state index contributed by atoms with van der Waals surface area (Å²) in [6.45, 7) is 2.83. The molecule has 1 saturated heterocycles. The van der Waals surface area contributed by atoms with Crippen LogP contribution in [0.1, 0.15) is 18.4 Å². The Morgan fingerprint density at radius 3 is 3.05 bits per heavy atom. The molecule has 2 rings (SSSR count). The monoisotopic (exact) mass is 306 g/mol. The number of carbonyl (C=O) groups excluding carboxylic acids is 1. The molecule has 1 heterocycles. The van der Waals surface area contributed by atoms with Gasteiger partial charge in [-0.25, -0.2) is 0 Å². The molecule has 1 fully saturated rings. The van der Waals surface area contributed by atoms with E-state index < -0.39 is 0 Å². The number of hydrogen-bond donors (Lipinski definition) is 2. The van der Waals surface area contributed by atoms with E-state index in [0.717, 1.165) is 25.9 Å². The highest BCUT2D eigenvalue weighted by atomic mass is 35.5. The zero-order chi connectivity index (χ0) is 15.2. The van der Waals surface area contributed by atoms with Crippen LogP contribution < -0.4 is 11.1 Å². The summed E-state index contributed by atoms with van der Waals surface area (Å²) in [5.41, 5.74) is 6.70. The molecule has 3 N–H and O–H groups in total. The molecule has 1 amide bonds. The van der Waals surface area contributed by atoms with Gasteiger partial charge in [0.2, 0.25) is 5.91 Å². The van der Waals surface area contributed by atoms with Gasteiger partial charge in [-0.1, -0.05) is 11.6 Å². The fourth-order valence-electron chi connectivity index (χ4n) is 2.57. The maximum atomic E-state index is 12.0. The van der Waals surface area contributed by atoms with E-state index in [1.807, 2.05) is 6.07 Å². The summed E-state index contributed by atoms with van der Waals surface area (Å²) in [4.78, 5) is 14.2. The van der Waals surface area contributed by atoms with Crippen LogP contribution in [0, 0.1) is 17.2 Å². The lowest BCUT2D eigenvalue weighted by Gasteiger charge is -2.31. The summed E-state index contributed by atoms with van der Waals surface area (Å²) >= 11 is 5.94. The second kappa shape index (κ2) is 7.41. The van der Waals surface area contributed by atoms with Gasteiger partial charge < -0.3 is 11.1 Å². The van der Waals surface area contributed by atoms with E-state index in [1.54, 1.807) is 18.2 Å². The number of rotatable bonds is 4. The van der Waals surface area contributed by atoms with Crippen LogP contribution in [0.15, 0.2) is 18.2 Å². The summed E-state index contributed by atoms with van der Waals surface area (Å²) in [6.07, 6.45) is 2.22. The van der Waals surface area contributed by atoms with Crippen LogP contribution in [0.25, 0.3) is 0 Å². The smallest absolute Gasteiger partial charge is 0.238 e. The minimum Gasteiger partial charge on any atom is -0.330 e. The number of nitrogens with one attached hydrogen (secondary N) is 1. The minimum atomic E-state index is -0.0755. The van der Waals surface area contributed by atoms with Crippen LogP contribution >= 0.6 is 11.6 Å². The van der Waals surface area contributed by atoms with E-state index in [1.165, 1.54) is 0 Å². The Morgan fingerprint density at radius 2 is 2.38 bits per heavy atom. The molecule has 1 atom stereocenters. The molecule has 0 aliphatic carbocycles. The molecule has 1 aliphatic rings. The highest BCUT2D eigenvalue weighted by Gasteiger charge is 2.20. The summed E-state index contributed by atoms with van der Waals surface area (Å²) in [5.74, 6) is 0.407. The largest absolute Gasteiger partial charge is 0.330 e. The molecule has 1 aromatic rings. The van der Waals surface area contributed by atoms with E-state index in [9.17, 15) is 4.79 Å². The maximum Gasteiger partial charge on any atom is 0.238 e. The second-order valence-electron chi connectivity index (χ2n) is 5.33. The first-order valence-corrected chi connectivity index (χ1v) is 7.42. The third kappa shape index (κ3) is 4.43. The molecule has 21 heavy (non-hydrogen) atoms. The van der Waals surface area contributed by atoms with Crippen molar-refractivity contribution in [3.05, 3.63) is 28.8 Å². The predicted octanol–water partition coefficient (Wildman–Crippen LogP) is 1.82. The quantitative estimate of drug-likeness (QED) is 0.889. The summed E-state index contributed by atoms with van der Waals surface area (Å²) in [6, 6.07) is 6.86. The fraction of sp³-hybridized carbons (Fsp3) is 0.467. The van der Waals surface area contributed by atoms with E-state index in [0.29, 0.717) is 35.3 Å². The molecule has 1 aliphatic heterocycles. The van der Waals surface area contributed by atoms with Crippen molar-refractivity contribution in [3.8, 4) is 6.07 Å². The lowest BCUT2D eigenvalue weighted by atomic mass is 9.98. The first kappa shape index (κ1) is 15.8. The standard InChI is InChI=1S/C15H19ClN4O/c16-14-6-13(4-3-12(14)8-18)19-15(21)10-20-5-1-2-11(7-17)9-20/h3-4,6,11H,1-2,5,7,9-10,17H2,(H,19,21). The topological polar surface area (TPSA) is 82.2 Å². The molecule has 5 nitrogen and oxygen atoms in total. The molecule has 112 valence electrons. The number of anilines is 1. The third-order valence-corrected chi connectivity index (χ3v) is 3.99. The van der Waals surface area contributed by atoms with Crippen LogP contribution in [0.3, 0.4) is 0 Å². The van der Waals surface area contributed by atoms with Crippen molar-refractivity contribution in [1.82, 2.24) is 4.90 Å². The van der Waals surface area contributed by atoms with Crippen LogP contribution in [0.2, 0.25) is 5.02 Å². The predicted molar refractivity (Wildman–Crippen MR) is 83.0 cm³/mol. The molecule has 1 unspecified atom stereocenters. The molecule has 0 bridgehead atoms. The average Bonchev–Trinajstić information content (AvgIpc) is 2.47. The zero-order valence-corrected chi connectivity index (χ0v) is 12.6. The number of halogens is 1. The van der Waals surface area contributed by atoms with Crippen molar-refractivity contribution in [2.45, 2.75) is 12.8 Å². The molecule has 0 aromatic heterocycles. The molecule has 0 radical (unpaired) electrons. The van der Waals surface area contributed by atoms with Crippen LogP contribution in [0.4, 0.5) is 5.69 Å². The molecule has 0 saturated carbocycles. The van der Waals surface area contributed by atoms with E-state index >= 15 is 0 Å². The molecule has 6 heteroatoms. The van der Waals surface area contributed by atoms with Crippen LogP contribution in [0.5, 0.6) is 0 Å². The maximum absolute atomic E-state index is 12.0. The van der Waals surface area contributed by atoms with Gasteiger partial charge in [0.25, 0.3) is 0 Å². The van der Waals surface area contributed by atoms with Gasteiger partial charge >= 0.3 is 0 Å². The number of nitriles is 1. The number of benzene rings is 1.